The highest BCUT2D eigenvalue weighted by Crippen LogP contribution is 2.38. The maximum Gasteiger partial charge on any atom is 0.416 e. The lowest BCUT2D eigenvalue weighted by Gasteiger charge is -2.49. The Balaban J connectivity index is 2.42. The molecule has 1 aliphatic rings. The van der Waals surface area contributed by atoms with Crippen LogP contribution in [-0.2, 0) is 20.9 Å². The smallest absolute Gasteiger partial charge is 0.416 e. The second-order valence-corrected chi connectivity index (χ2v) is 10.8. The first-order valence-electron chi connectivity index (χ1n) is 9.03. The Morgan fingerprint density at radius 3 is 2.40 bits per heavy atom. The molecular formula is C18H24BrF3N2O5S. The van der Waals surface area contributed by atoms with Crippen LogP contribution in [0.4, 0.5) is 18.0 Å². The van der Waals surface area contributed by atoms with Crippen LogP contribution < -0.4 is 9.83 Å². The Kier molecular flexibility index (Phi) is 7.00. The van der Waals surface area contributed by atoms with Crippen molar-refractivity contribution < 1.29 is 40.7 Å². The molecule has 1 N–H and O–H groups in total. The molecule has 0 bridgehead atoms. The van der Waals surface area contributed by atoms with Crippen LogP contribution in [-0.4, -0.2) is 56.9 Å². The van der Waals surface area contributed by atoms with Gasteiger partial charge in [0.05, 0.1) is 28.6 Å². The molecule has 0 spiro atoms. The van der Waals surface area contributed by atoms with Gasteiger partial charge in [-0.15, -0.1) is 0 Å². The highest BCUT2D eigenvalue weighted by Gasteiger charge is 2.56. The predicted octanol–water partition coefficient (Wildman–Crippen LogP) is 2.49. The quantitative estimate of drug-likeness (QED) is 0.606. The summed E-state index contributed by atoms with van der Waals surface area (Å²) in [6, 6.07) is 0.881. The second kappa shape index (κ2) is 8.38. The first-order chi connectivity index (χ1) is 13.6. The van der Waals surface area contributed by atoms with E-state index in [1.54, 1.807) is 20.8 Å². The fourth-order valence-electron chi connectivity index (χ4n) is 4.04. The van der Waals surface area contributed by atoms with Crippen LogP contribution in [0.1, 0.15) is 32.8 Å². The molecule has 30 heavy (non-hydrogen) atoms. The molecule has 0 saturated carbocycles. The summed E-state index contributed by atoms with van der Waals surface area (Å²) < 4.78 is 71.8. The molecule has 0 aliphatic carbocycles. The first kappa shape index (κ1) is 25.1. The number of carbonyl (C=O) groups is 1. The minimum absolute atomic E-state index is 0.0362. The topological polar surface area (TPSA) is 95.5 Å². The maximum atomic E-state index is 13.0. The fourth-order valence-corrected chi connectivity index (χ4v) is 6.27. The molecule has 1 aliphatic heterocycles. The van der Waals surface area contributed by atoms with E-state index in [0.29, 0.717) is 6.07 Å². The van der Waals surface area contributed by atoms with Crippen LogP contribution in [0.25, 0.3) is 0 Å². The number of sulfonamides is 1. The Hall–Kier alpha value is -1.21. The monoisotopic (exact) mass is 516 g/mol. The number of rotatable bonds is 5. The van der Waals surface area contributed by atoms with Gasteiger partial charge in [0.1, 0.15) is 12.6 Å². The lowest BCUT2D eigenvalue weighted by Crippen LogP contribution is -2.71. The van der Waals surface area contributed by atoms with Gasteiger partial charge in [-0.05, 0) is 54.9 Å². The van der Waals surface area contributed by atoms with Gasteiger partial charge in [0.25, 0.3) is 6.09 Å². The summed E-state index contributed by atoms with van der Waals surface area (Å²) in [6.07, 6.45) is -5.96. The Morgan fingerprint density at radius 2 is 1.93 bits per heavy atom. The minimum atomic E-state index is -4.71. The van der Waals surface area contributed by atoms with Crippen LogP contribution in [0, 0.1) is 0 Å². The largest absolute Gasteiger partial charge is 0.498 e. The zero-order valence-corrected chi connectivity index (χ0v) is 19.3. The fraction of sp³-hybridized carbons (Fsp3) is 0.611. The molecule has 7 nitrogen and oxygen atoms in total. The van der Waals surface area contributed by atoms with Gasteiger partial charge in [-0.1, -0.05) is 0 Å². The van der Waals surface area contributed by atoms with Crippen molar-refractivity contribution in [3.8, 4) is 0 Å². The van der Waals surface area contributed by atoms with Gasteiger partial charge in [-0.2, -0.15) is 13.2 Å². The van der Waals surface area contributed by atoms with E-state index >= 15 is 0 Å². The van der Waals surface area contributed by atoms with Crippen molar-refractivity contribution in [3.63, 3.8) is 0 Å². The van der Waals surface area contributed by atoms with Gasteiger partial charge < -0.3 is 14.6 Å². The van der Waals surface area contributed by atoms with Crippen LogP contribution in [0.2, 0.25) is 0 Å². The van der Waals surface area contributed by atoms with Gasteiger partial charge in [-0.25, -0.2) is 13.1 Å². The average molecular weight is 517 g/mol. The van der Waals surface area contributed by atoms with Crippen LogP contribution in [0.3, 0.4) is 0 Å². The number of quaternary nitrogens is 1. The second-order valence-electron chi connectivity index (χ2n) is 8.29. The molecule has 1 saturated heterocycles. The van der Waals surface area contributed by atoms with Crippen molar-refractivity contribution in [2.75, 3.05) is 20.3 Å². The van der Waals surface area contributed by atoms with Crippen LogP contribution in [0.15, 0.2) is 27.6 Å². The lowest BCUT2D eigenvalue weighted by atomic mass is 10.00. The van der Waals surface area contributed by atoms with Gasteiger partial charge in [0, 0.05) is 18.0 Å². The van der Waals surface area contributed by atoms with Crippen molar-refractivity contribution >= 4 is 32.0 Å². The number of halogens is 4. The van der Waals surface area contributed by atoms with Gasteiger partial charge in [0.15, 0.2) is 0 Å². The summed E-state index contributed by atoms with van der Waals surface area (Å²) in [5, 5.41) is 12.1. The van der Waals surface area contributed by atoms with E-state index in [4.69, 9.17) is 4.74 Å². The van der Waals surface area contributed by atoms with E-state index in [1.807, 2.05) is 0 Å². The highest BCUT2D eigenvalue weighted by molar-refractivity contribution is 9.10. The number of methoxy groups -OCH3 is 1. The number of carbonyl (C=O) groups excluding carboxylic acids is 1. The number of carboxylic acid groups (broad SMARTS) is 1. The number of nitrogens with one attached hydrogen (secondary N) is 1. The number of alkyl halides is 3. The summed E-state index contributed by atoms with van der Waals surface area (Å²) in [5.74, 6) is 0. The number of nitrogens with zero attached hydrogens (tertiary/aromatic N) is 1. The molecule has 0 radical (unpaired) electrons. The van der Waals surface area contributed by atoms with E-state index in [-0.39, 0.29) is 24.0 Å². The van der Waals surface area contributed by atoms with Crippen molar-refractivity contribution in [2.24, 2.45) is 0 Å². The third-order valence-electron chi connectivity index (χ3n) is 5.44. The molecule has 3 atom stereocenters. The molecule has 1 heterocycles. The maximum absolute atomic E-state index is 13.0. The van der Waals surface area contributed by atoms with Crippen molar-refractivity contribution in [2.45, 2.75) is 55.9 Å². The molecular weight excluding hydrogens is 493 g/mol. The van der Waals surface area contributed by atoms with Crippen molar-refractivity contribution in [3.05, 3.63) is 28.2 Å². The Bertz CT molecular complexity index is 917. The van der Waals surface area contributed by atoms with Crippen LogP contribution in [0.5, 0.6) is 0 Å². The van der Waals surface area contributed by atoms with E-state index in [1.165, 1.54) is 7.11 Å². The number of hydrogen-bond acceptors (Lipinski definition) is 5. The molecule has 2 rings (SSSR count). The van der Waals surface area contributed by atoms with E-state index in [9.17, 15) is 31.5 Å². The van der Waals surface area contributed by atoms with E-state index < -0.39 is 54.9 Å². The van der Waals surface area contributed by atoms with Gasteiger partial charge in [0.2, 0.25) is 10.0 Å². The summed E-state index contributed by atoms with van der Waals surface area (Å²) in [7, 11) is -2.97. The Labute approximate surface area is 182 Å². The number of hydrogen-bond donors (Lipinski definition) is 1. The standard InChI is InChI=1S/C18H24BrF3N2O5S/c1-17(2,3)24(16(25)26)9-12(8-13(24)10-29-4)23-30(27,28)15-7-11(18(20,21)22)5-6-14(15)19/h5-7,12-13,23H,8-10H2,1-4H3/t12-,13-,24?/m1/s1. The number of likely N-dealkylation sites (tertiary alicyclic amines) is 1. The minimum Gasteiger partial charge on any atom is -0.498 e. The SMILES string of the molecule is COC[C@H]1C[C@@H](NS(=O)(=O)c2cc(C(F)(F)F)ccc2Br)C[N+]1(C(=O)[O-])C(C)(C)C. The third kappa shape index (κ3) is 4.67. The van der Waals surface area contributed by atoms with Crippen LogP contribution >= 0.6 is 15.9 Å². The molecule has 12 heteroatoms. The van der Waals surface area contributed by atoms with E-state index in [0.717, 1.165) is 12.1 Å². The number of benzene rings is 1. The molecule has 170 valence electrons. The summed E-state index contributed by atoms with van der Waals surface area (Å²) in [5.41, 5.74) is -1.94. The first-order valence-corrected chi connectivity index (χ1v) is 11.3. The third-order valence-corrected chi connectivity index (χ3v) is 7.95. The van der Waals surface area contributed by atoms with E-state index in [2.05, 4.69) is 20.7 Å². The zero-order chi connectivity index (χ0) is 23.1. The van der Waals surface area contributed by atoms with Crippen molar-refractivity contribution in [1.82, 2.24) is 4.72 Å². The average Bonchev–Trinajstić information content (AvgIpc) is 2.92. The molecule has 1 aromatic carbocycles. The molecule has 1 fully saturated rings. The van der Waals surface area contributed by atoms with Crippen molar-refractivity contribution in [1.29, 1.82) is 0 Å². The molecule has 1 amide bonds. The number of ether oxygens (including phenoxy) is 1. The number of amides is 1. The Morgan fingerprint density at radius 1 is 1.33 bits per heavy atom. The predicted molar refractivity (Wildman–Crippen MR) is 104 cm³/mol. The summed E-state index contributed by atoms with van der Waals surface area (Å²) >= 11 is 2.98. The van der Waals surface area contributed by atoms with Gasteiger partial charge in [-0.3, -0.25) is 4.48 Å². The normalized spacial score (nSPS) is 25.5. The summed E-state index contributed by atoms with van der Waals surface area (Å²) in [4.78, 5) is 11.6. The summed E-state index contributed by atoms with van der Waals surface area (Å²) in [6.45, 7) is 5.02. The highest BCUT2D eigenvalue weighted by atomic mass is 79.9. The molecule has 1 unspecified atom stereocenters. The molecule has 1 aromatic rings. The molecule has 0 aromatic heterocycles. The zero-order valence-electron chi connectivity index (χ0n) is 16.9. The lowest BCUT2D eigenvalue weighted by molar-refractivity contribution is -0.930. The van der Waals surface area contributed by atoms with Gasteiger partial charge >= 0.3 is 6.18 Å².